The summed E-state index contributed by atoms with van der Waals surface area (Å²) in [4.78, 5) is 19.1. The van der Waals surface area contributed by atoms with E-state index in [0.29, 0.717) is 12.2 Å². The first-order chi connectivity index (χ1) is 3.63. The maximum absolute atomic E-state index is 9.55. The highest BCUT2D eigenvalue weighted by Gasteiger charge is 1.88. The average Bonchev–Trinajstić information content (AvgIpc) is 1.61. The van der Waals surface area contributed by atoms with Crippen molar-refractivity contribution in [3.05, 3.63) is 12.2 Å². The summed E-state index contributed by atoms with van der Waals surface area (Å²) in [5, 5.41) is 15.6. The monoisotopic (exact) mass is 120 g/mol. The topological polar surface area (TPSA) is 74.6 Å². The Morgan fingerprint density at radius 1 is 1.00 bits per heavy atom. The number of carboxylic acid groups (broad SMARTS) is 2. The van der Waals surface area contributed by atoms with Gasteiger partial charge in [-0.3, -0.25) is 0 Å². The second-order valence-electron chi connectivity index (χ2n) is 1.01. The van der Waals surface area contributed by atoms with Crippen LogP contribution in [0.25, 0.3) is 0 Å². The van der Waals surface area contributed by atoms with Crippen molar-refractivity contribution in [3.63, 3.8) is 0 Å². The van der Waals surface area contributed by atoms with Crippen LogP contribution >= 0.6 is 0 Å². The van der Waals surface area contributed by atoms with Crippen LogP contribution < -0.4 is 0 Å². The highest BCUT2D eigenvalue weighted by molar-refractivity contribution is 5.89. The largest absolute Gasteiger partial charge is 0.478 e. The molecular weight excluding hydrogens is 116 g/mol. The molecule has 0 aliphatic heterocycles. The van der Waals surface area contributed by atoms with E-state index < -0.39 is 11.9 Å². The molecule has 0 aliphatic rings. The van der Waals surface area contributed by atoms with Gasteiger partial charge in [-0.25, -0.2) is 9.59 Å². The fourth-order valence-electron chi connectivity index (χ4n) is 0.143. The lowest BCUT2D eigenvalue weighted by Crippen LogP contribution is -1.91. The van der Waals surface area contributed by atoms with Gasteiger partial charge < -0.3 is 10.2 Å². The SMILES string of the molecule is O=[13C](O)/[13CH]=[13CH]/[13C](=O)O. The molecule has 44 valence electrons. The van der Waals surface area contributed by atoms with Gasteiger partial charge in [-0.1, -0.05) is 0 Å². The number of hydrogen-bond acceptors (Lipinski definition) is 2. The van der Waals surface area contributed by atoms with Crippen molar-refractivity contribution < 1.29 is 19.8 Å². The third-order valence-corrected chi connectivity index (χ3v) is 0.368. The van der Waals surface area contributed by atoms with E-state index in [1.54, 1.807) is 0 Å². The summed E-state index contributed by atoms with van der Waals surface area (Å²) < 4.78 is 0. The standard InChI is InChI=1S/C4H4O4/c5-3(6)1-2-4(7)8/h1-2H,(H,5,6)(H,7,8)/b2-1+/i1+1,2+1,3+1,4+1. The van der Waals surface area contributed by atoms with Gasteiger partial charge in [0.15, 0.2) is 0 Å². The van der Waals surface area contributed by atoms with Gasteiger partial charge in [-0.05, 0) is 0 Å². The molecule has 0 amide bonds. The van der Waals surface area contributed by atoms with Crippen molar-refractivity contribution in [3.8, 4) is 0 Å². The lowest BCUT2D eigenvalue weighted by Gasteiger charge is -1.74. The Morgan fingerprint density at radius 2 is 1.25 bits per heavy atom. The van der Waals surface area contributed by atoms with Crippen molar-refractivity contribution in [2.24, 2.45) is 0 Å². The lowest BCUT2D eigenvalue weighted by molar-refractivity contribution is -0.134. The van der Waals surface area contributed by atoms with Crippen molar-refractivity contribution in [2.45, 2.75) is 0 Å². The third kappa shape index (κ3) is 4.68. The van der Waals surface area contributed by atoms with Gasteiger partial charge >= 0.3 is 11.9 Å². The quantitative estimate of drug-likeness (QED) is 0.388. The summed E-state index contributed by atoms with van der Waals surface area (Å²) in [5.74, 6) is -2.51. The molecule has 0 aromatic heterocycles. The van der Waals surface area contributed by atoms with Gasteiger partial charge in [-0.15, -0.1) is 0 Å². The molecule has 0 aromatic carbocycles. The minimum atomic E-state index is -1.26. The summed E-state index contributed by atoms with van der Waals surface area (Å²) >= 11 is 0. The molecule has 0 atom stereocenters. The molecule has 0 radical (unpaired) electrons. The maximum Gasteiger partial charge on any atom is 0.328 e. The second-order valence-corrected chi connectivity index (χ2v) is 1.01. The van der Waals surface area contributed by atoms with E-state index in [1.165, 1.54) is 0 Å². The van der Waals surface area contributed by atoms with Gasteiger partial charge in [0.05, 0.1) is 0 Å². The molecule has 8 heavy (non-hydrogen) atoms. The van der Waals surface area contributed by atoms with Crippen LogP contribution in [0.5, 0.6) is 0 Å². The molecule has 4 heteroatoms. The number of rotatable bonds is 2. The van der Waals surface area contributed by atoms with Crippen LogP contribution in [0, 0.1) is 0 Å². The molecule has 0 bridgehead atoms. The number of hydrogen-bond donors (Lipinski definition) is 2. The zero-order valence-corrected chi connectivity index (χ0v) is 3.87. The highest BCUT2D eigenvalue weighted by Crippen LogP contribution is 1.70. The molecule has 0 rings (SSSR count). The molecule has 0 spiro atoms. The van der Waals surface area contributed by atoms with E-state index >= 15 is 0 Å². The molecule has 4 nitrogen and oxygen atoms in total. The summed E-state index contributed by atoms with van der Waals surface area (Å²) in [6.07, 6.45) is 1.12. The summed E-state index contributed by atoms with van der Waals surface area (Å²) in [6.45, 7) is 0. The first kappa shape index (κ1) is 6.68. The molecule has 0 saturated heterocycles. The second kappa shape index (κ2) is 2.79. The van der Waals surface area contributed by atoms with Gasteiger partial charge in [0.2, 0.25) is 0 Å². The fraction of sp³-hybridized carbons (Fsp3) is 0. The first-order valence-corrected chi connectivity index (χ1v) is 1.77. The smallest absolute Gasteiger partial charge is 0.328 e. The van der Waals surface area contributed by atoms with Gasteiger partial charge in [0, 0.05) is 12.2 Å². The zero-order valence-electron chi connectivity index (χ0n) is 3.87. The maximum atomic E-state index is 9.55. The average molecular weight is 120 g/mol. The van der Waals surface area contributed by atoms with Crippen molar-refractivity contribution >= 4 is 11.9 Å². The molecule has 0 heterocycles. The van der Waals surface area contributed by atoms with Crippen molar-refractivity contribution in [1.82, 2.24) is 0 Å². The number of carboxylic acids is 2. The van der Waals surface area contributed by atoms with Crippen LogP contribution in [0.15, 0.2) is 12.2 Å². The highest BCUT2D eigenvalue weighted by atomic mass is 16.5. The Labute approximate surface area is 45.1 Å². The number of aliphatic carboxylic acids is 2. The Morgan fingerprint density at radius 3 is 1.38 bits per heavy atom. The predicted octanol–water partition coefficient (Wildman–Crippen LogP) is -0.288. The molecule has 0 fully saturated rings. The van der Waals surface area contributed by atoms with Gasteiger partial charge in [0.25, 0.3) is 0 Å². The van der Waals surface area contributed by atoms with Crippen molar-refractivity contribution in [2.75, 3.05) is 0 Å². The van der Waals surface area contributed by atoms with Crippen LogP contribution in [0.2, 0.25) is 0 Å². The minimum Gasteiger partial charge on any atom is -0.478 e. The van der Waals surface area contributed by atoms with Crippen LogP contribution in [-0.4, -0.2) is 22.2 Å². The number of carbonyl (C=O) groups is 2. The fourth-order valence-corrected chi connectivity index (χ4v) is 0.143. The predicted molar refractivity (Wildman–Crippen MR) is 24.4 cm³/mol. The molecule has 2 N–H and O–H groups in total. The molecule has 0 aliphatic carbocycles. The van der Waals surface area contributed by atoms with Gasteiger partial charge in [-0.2, -0.15) is 0 Å². The van der Waals surface area contributed by atoms with E-state index in [-0.39, 0.29) is 0 Å². The van der Waals surface area contributed by atoms with E-state index in [1.807, 2.05) is 0 Å². The van der Waals surface area contributed by atoms with Gasteiger partial charge in [0.1, 0.15) is 0 Å². The first-order valence-electron chi connectivity index (χ1n) is 1.77. The Hall–Kier alpha value is -1.32. The lowest BCUT2D eigenvalue weighted by atomic mass is 11.5. The third-order valence-electron chi connectivity index (χ3n) is 0.368. The van der Waals surface area contributed by atoms with Crippen LogP contribution in [0.1, 0.15) is 0 Å². The van der Waals surface area contributed by atoms with Crippen LogP contribution in [0.3, 0.4) is 0 Å². The molecule has 0 aromatic rings. The Bertz CT molecular complexity index is 119. The summed E-state index contributed by atoms with van der Waals surface area (Å²) in [7, 11) is 0. The van der Waals surface area contributed by atoms with E-state index in [0.717, 1.165) is 0 Å². The van der Waals surface area contributed by atoms with Crippen LogP contribution in [0.4, 0.5) is 0 Å². The van der Waals surface area contributed by atoms with E-state index in [9.17, 15) is 9.59 Å². The molecule has 0 unspecified atom stereocenters. The summed E-state index contributed by atoms with van der Waals surface area (Å²) in [5.41, 5.74) is 0. The van der Waals surface area contributed by atoms with E-state index in [2.05, 4.69) is 0 Å². The van der Waals surface area contributed by atoms with Crippen molar-refractivity contribution in [1.29, 1.82) is 0 Å². The normalized spacial score (nSPS) is 9.50. The Balaban J connectivity index is 3.67. The molecular formula is C4H4O4. The zero-order chi connectivity index (χ0) is 6.57. The van der Waals surface area contributed by atoms with E-state index in [4.69, 9.17) is 10.2 Å². The van der Waals surface area contributed by atoms with Crippen LogP contribution in [-0.2, 0) is 9.59 Å². The minimum absolute atomic E-state index is 0.558. The summed E-state index contributed by atoms with van der Waals surface area (Å²) in [6, 6.07) is 0. The Kier molecular flexibility index (Phi) is 2.33. The molecule has 0 saturated carbocycles.